The van der Waals surface area contributed by atoms with Gasteiger partial charge < -0.3 is 9.73 Å². The van der Waals surface area contributed by atoms with Crippen LogP contribution in [0.4, 0.5) is 5.69 Å². The summed E-state index contributed by atoms with van der Waals surface area (Å²) in [5.74, 6) is -0.206. The number of fused-ring (bicyclic) bond motifs is 3. The van der Waals surface area contributed by atoms with Gasteiger partial charge in [0.2, 0.25) is 11.1 Å². The number of carbonyl (C=O) groups is 1. The van der Waals surface area contributed by atoms with E-state index in [4.69, 9.17) is 4.42 Å². The number of rotatable bonds is 2. The topological polar surface area (TPSA) is 72.2 Å². The van der Waals surface area contributed by atoms with E-state index in [0.29, 0.717) is 32.6 Å². The monoisotopic (exact) mass is 372 g/mol. The summed E-state index contributed by atoms with van der Waals surface area (Å²) in [7, 11) is 0. The van der Waals surface area contributed by atoms with E-state index in [-0.39, 0.29) is 11.3 Å². The average molecular weight is 372 g/mol. The Morgan fingerprint density at radius 3 is 2.78 bits per heavy atom. The molecule has 3 heterocycles. The highest BCUT2D eigenvalue weighted by atomic mass is 32.1. The van der Waals surface area contributed by atoms with Crippen LogP contribution in [-0.4, -0.2) is 10.9 Å². The summed E-state index contributed by atoms with van der Waals surface area (Å²) in [6.45, 7) is 0. The van der Waals surface area contributed by atoms with Gasteiger partial charge in [-0.15, -0.1) is 11.3 Å². The number of carbonyl (C=O) groups excluding carboxylic acids is 1. The molecule has 6 heteroatoms. The summed E-state index contributed by atoms with van der Waals surface area (Å²) in [6.07, 6.45) is 1.58. The molecule has 0 saturated carbocycles. The molecule has 27 heavy (non-hydrogen) atoms. The second kappa shape index (κ2) is 6.03. The van der Waals surface area contributed by atoms with Crippen LogP contribution in [0.25, 0.3) is 32.2 Å². The predicted molar refractivity (Wildman–Crippen MR) is 108 cm³/mol. The molecule has 130 valence electrons. The Labute approximate surface area is 156 Å². The highest BCUT2D eigenvalue weighted by Gasteiger charge is 2.13. The lowest BCUT2D eigenvalue weighted by Gasteiger charge is -2.05. The molecule has 5 aromatic rings. The van der Waals surface area contributed by atoms with Crippen molar-refractivity contribution in [3.05, 3.63) is 82.0 Å². The molecule has 5 nitrogen and oxygen atoms in total. The second-order valence-corrected chi connectivity index (χ2v) is 7.18. The van der Waals surface area contributed by atoms with Crippen molar-refractivity contribution in [3.63, 3.8) is 0 Å². The van der Waals surface area contributed by atoms with Crippen molar-refractivity contribution in [1.82, 2.24) is 4.98 Å². The van der Waals surface area contributed by atoms with Crippen molar-refractivity contribution in [2.45, 2.75) is 0 Å². The van der Waals surface area contributed by atoms with Crippen molar-refractivity contribution < 1.29 is 9.21 Å². The number of amides is 1. The number of nitrogens with one attached hydrogen (secondary N) is 1. The smallest absolute Gasteiger partial charge is 0.265 e. The summed E-state index contributed by atoms with van der Waals surface area (Å²) in [5.41, 5.74) is 1.11. The van der Waals surface area contributed by atoms with Crippen LogP contribution in [-0.2, 0) is 0 Å². The van der Waals surface area contributed by atoms with E-state index in [1.54, 1.807) is 36.5 Å². The summed E-state index contributed by atoms with van der Waals surface area (Å²) in [5, 5.41) is 4.72. The number of aromatic nitrogens is 1. The van der Waals surface area contributed by atoms with Gasteiger partial charge in [-0.1, -0.05) is 18.2 Å². The first-order valence-electron chi connectivity index (χ1n) is 8.30. The largest absolute Gasteiger partial charge is 0.437 e. The molecule has 1 amide bonds. The minimum Gasteiger partial charge on any atom is -0.437 e. The fourth-order valence-electron chi connectivity index (χ4n) is 3.05. The first kappa shape index (κ1) is 15.7. The molecule has 0 bridgehead atoms. The molecule has 0 fully saturated rings. The number of benzene rings is 2. The van der Waals surface area contributed by atoms with Gasteiger partial charge in [-0.05, 0) is 47.9 Å². The molecule has 0 aliphatic rings. The maximum atomic E-state index is 12.7. The van der Waals surface area contributed by atoms with Crippen molar-refractivity contribution in [2.75, 3.05) is 5.32 Å². The molecule has 0 saturated heterocycles. The molecular formula is C21H12N2O3S. The summed E-state index contributed by atoms with van der Waals surface area (Å²) >= 11 is 1.43. The molecule has 0 aliphatic heterocycles. The van der Waals surface area contributed by atoms with Gasteiger partial charge in [0, 0.05) is 16.6 Å². The number of thiophene rings is 1. The molecule has 5 rings (SSSR count). The normalized spacial score (nSPS) is 11.3. The van der Waals surface area contributed by atoms with E-state index in [0.717, 1.165) is 10.1 Å². The Morgan fingerprint density at radius 1 is 1.00 bits per heavy atom. The van der Waals surface area contributed by atoms with Gasteiger partial charge >= 0.3 is 0 Å². The molecule has 0 unspecified atom stereocenters. The Morgan fingerprint density at radius 2 is 1.89 bits per heavy atom. The molecule has 0 atom stereocenters. The summed E-state index contributed by atoms with van der Waals surface area (Å²) < 4.78 is 6.75. The van der Waals surface area contributed by atoms with Crippen LogP contribution in [0.3, 0.4) is 0 Å². The van der Waals surface area contributed by atoms with Crippen molar-refractivity contribution >= 4 is 55.1 Å². The van der Waals surface area contributed by atoms with Gasteiger partial charge in [0.25, 0.3) is 5.91 Å². The second-order valence-electron chi connectivity index (χ2n) is 6.10. The maximum absolute atomic E-state index is 12.7. The third-order valence-electron chi connectivity index (χ3n) is 4.35. The van der Waals surface area contributed by atoms with E-state index >= 15 is 0 Å². The Bertz CT molecular complexity index is 1370. The van der Waals surface area contributed by atoms with Crippen molar-refractivity contribution in [3.8, 4) is 0 Å². The van der Waals surface area contributed by atoms with Crippen LogP contribution in [0.5, 0.6) is 0 Å². The van der Waals surface area contributed by atoms with Crippen molar-refractivity contribution in [2.24, 2.45) is 0 Å². The highest BCUT2D eigenvalue weighted by Crippen LogP contribution is 2.26. The Hall–Kier alpha value is -3.51. The number of hydrogen-bond acceptors (Lipinski definition) is 5. The van der Waals surface area contributed by atoms with Crippen LogP contribution >= 0.6 is 11.3 Å². The molecule has 0 aliphatic carbocycles. The third-order valence-corrected chi connectivity index (χ3v) is 5.47. The van der Waals surface area contributed by atoms with Crippen LogP contribution in [0.2, 0.25) is 0 Å². The first-order valence-corrected chi connectivity index (χ1v) is 9.12. The van der Waals surface area contributed by atoms with E-state index in [1.807, 2.05) is 30.3 Å². The lowest BCUT2D eigenvalue weighted by atomic mass is 10.1. The fourth-order valence-corrected chi connectivity index (χ4v) is 4.01. The van der Waals surface area contributed by atoms with E-state index in [1.165, 1.54) is 11.3 Å². The number of hydrogen-bond donors (Lipinski definition) is 1. The van der Waals surface area contributed by atoms with E-state index in [9.17, 15) is 9.59 Å². The lowest BCUT2D eigenvalue weighted by Crippen LogP contribution is -2.11. The Kier molecular flexibility index (Phi) is 3.51. The zero-order chi connectivity index (χ0) is 18.4. The molecule has 1 N–H and O–H groups in total. The molecule has 3 aromatic heterocycles. The minimum absolute atomic E-state index is 0.169. The minimum atomic E-state index is -0.206. The van der Waals surface area contributed by atoms with Crippen LogP contribution < -0.4 is 10.7 Å². The van der Waals surface area contributed by atoms with Gasteiger partial charge in [-0.25, -0.2) is 4.98 Å². The predicted octanol–water partition coefficient (Wildman–Crippen LogP) is 4.81. The third kappa shape index (κ3) is 2.67. The van der Waals surface area contributed by atoms with Crippen molar-refractivity contribution in [1.29, 1.82) is 0 Å². The van der Waals surface area contributed by atoms with Gasteiger partial charge in [0.1, 0.15) is 5.58 Å². The molecule has 0 spiro atoms. The zero-order valence-corrected chi connectivity index (χ0v) is 14.7. The zero-order valence-electron chi connectivity index (χ0n) is 13.9. The van der Waals surface area contributed by atoms with Crippen LogP contribution in [0.1, 0.15) is 9.67 Å². The maximum Gasteiger partial charge on any atom is 0.265 e. The molecule has 0 radical (unpaired) electrons. The molecular weight excluding hydrogens is 360 g/mol. The summed E-state index contributed by atoms with van der Waals surface area (Å²) in [6, 6.07) is 18.1. The number of pyridine rings is 1. The van der Waals surface area contributed by atoms with E-state index < -0.39 is 0 Å². The SMILES string of the molecule is O=C(Nc1ccc2oc3ncccc3c(=O)c2c1)c1cc2ccccc2s1. The van der Waals surface area contributed by atoms with Crippen LogP contribution in [0, 0.1) is 0 Å². The van der Waals surface area contributed by atoms with Gasteiger partial charge in [0.15, 0.2) is 0 Å². The first-order chi connectivity index (χ1) is 13.2. The Balaban J connectivity index is 1.54. The average Bonchev–Trinajstić information content (AvgIpc) is 3.13. The quantitative estimate of drug-likeness (QED) is 0.452. The summed E-state index contributed by atoms with van der Waals surface area (Å²) in [4.78, 5) is 30.0. The fraction of sp³-hybridized carbons (Fsp3) is 0. The standard InChI is InChI=1S/C21H12N2O3S/c24-19-14-5-3-9-22-21(14)26-16-8-7-13(11-15(16)19)23-20(25)18-10-12-4-1-2-6-17(12)27-18/h1-11H,(H,23,25). The van der Waals surface area contributed by atoms with E-state index in [2.05, 4.69) is 10.3 Å². The highest BCUT2D eigenvalue weighted by molar-refractivity contribution is 7.20. The van der Waals surface area contributed by atoms with Gasteiger partial charge in [-0.2, -0.15) is 0 Å². The van der Waals surface area contributed by atoms with Crippen LogP contribution in [0.15, 0.2) is 76.1 Å². The number of nitrogens with zero attached hydrogens (tertiary/aromatic N) is 1. The van der Waals surface area contributed by atoms with Gasteiger partial charge in [0.05, 0.1) is 15.6 Å². The molecule has 2 aromatic carbocycles. The lowest BCUT2D eigenvalue weighted by molar-refractivity contribution is 0.103. The number of anilines is 1. The van der Waals surface area contributed by atoms with Gasteiger partial charge in [-0.3, -0.25) is 9.59 Å².